The van der Waals surface area contributed by atoms with Gasteiger partial charge in [0, 0.05) is 12.6 Å². The third-order valence-corrected chi connectivity index (χ3v) is 8.54. The van der Waals surface area contributed by atoms with Crippen LogP contribution in [0, 0.1) is 47.7 Å². The van der Waals surface area contributed by atoms with Crippen LogP contribution in [0.15, 0.2) is 72.8 Å². The Kier molecular flexibility index (Phi) is 6.91. The van der Waals surface area contributed by atoms with Crippen molar-refractivity contribution in [2.75, 3.05) is 0 Å². The van der Waals surface area contributed by atoms with Crippen LogP contribution in [0.3, 0.4) is 0 Å². The number of fused-ring (bicyclic) bond motifs is 5. The molecule has 2 N–H and O–H groups in total. The molecule has 41 heavy (non-hydrogen) atoms. The first-order valence-electron chi connectivity index (χ1n) is 13.6. The van der Waals surface area contributed by atoms with Crippen LogP contribution >= 0.6 is 0 Å². The number of aromatic nitrogens is 2. The van der Waals surface area contributed by atoms with E-state index in [4.69, 9.17) is 0 Å². The number of benzene rings is 2. The van der Waals surface area contributed by atoms with Crippen LogP contribution in [0.1, 0.15) is 61.3 Å². The summed E-state index contributed by atoms with van der Waals surface area (Å²) in [4.78, 5) is 34.5. The van der Waals surface area contributed by atoms with Crippen LogP contribution in [-0.4, -0.2) is 21.8 Å². The first-order valence-corrected chi connectivity index (χ1v) is 13.6. The Bertz CT molecular complexity index is 1660. The highest BCUT2D eigenvalue weighted by atomic mass is 19.1. The molecular weight excluding hydrogens is 524 g/mol. The molecule has 7 nitrogen and oxygen atoms in total. The highest BCUT2D eigenvalue weighted by Gasteiger charge is 2.54. The monoisotopic (exact) mass is 551 g/mol. The maximum Gasteiger partial charge on any atom is 0.270 e. The molecule has 5 atom stereocenters. The zero-order valence-electron chi connectivity index (χ0n) is 22.3. The van der Waals surface area contributed by atoms with Crippen molar-refractivity contribution in [3.05, 3.63) is 118 Å². The number of hydrogen-bond acceptors (Lipinski definition) is 5. The Morgan fingerprint density at radius 3 is 2.63 bits per heavy atom. The SMILES string of the molecule is Cc1cc(CNC(=O)c2cc(C(=O)N[C@H]3c4ccc(C#N)cc4CCC4C3C3C=CC(F)=C[C@H]34)ncn2)ccc1F. The van der Waals surface area contributed by atoms with Gasteiger partial charge in [-0.15, -0.1) is 0 Å². The van der Waals surface area contributed by atoms with E-state index in [1.54, 1.807) is 31.2 Å². The summed E-state index contributed by atoms with van der Waals surface area (Å²) in [5, 5.41) is 15.3. The number of aryl methyl sites for hydroxylation is 2. The summed E-state index contributed by atoms with van der Waals surface area (Å²) >= 11 is 0. The summed E-state index contributed by atoms with van der Waals surface area (Å²) in [7, 11) is 0. The Morgan fingerprint density at radius 1 is 1.05 bits per heavy atom. The summed E-state index contributed by atoms with van der Waals surface area (Å²) in [6.07, 6.45) is 7.79. The molecule has 0 radical (unpaired) electrons. The summed E-state index contributed by atoms with van der Waals surface area (Å²) in [5.74, 6) is -1.15. The van der Waals surface area contributed by atoms with Gasteiger partial charge in [-0.05, 0) is 96.0 Å². The smallest absolute Gasteiger partial charge is 0.270 e. The lowest BCUT2D eigenvalue weighted by molar-refractivity contribution is 0.00716. The molecule has 3 aliphatic rings. The van der Waals surface area contributed by atoms with Gasteiger partial charge in [0.25, 0.3) is 11.8 Å². The lowest BCUT2D eigenvalue weighted by atomic mass is 9.52. The maximum absolute atomic E-state index is 14.1. The van der Waals surface area contributed by atoms with Gasteiger partial charge in [-0.2, -0.15) is 5.26 Å². The molecule has 0 bridgehead atoms. The molecule has 3 unspecified atom stereocenters. The van der Waals surface area contributed by atoms with Gasteiger partial charge in [-0.3, -0.25) is 9.59 Å². The third kappa shape index (κ3) is 5.02. The van der Waals surface area contributed by atoms with Crippen LogP contribution in [0.5, 0.6) is 0 Å². The number of hydrogen-bond donors (Lipinski definition) is 2. The minimum Gasteiger partial charge on any atom is -0.347 e. The van der Waals surface area contributed by atoms with Gasteiger partial charge >= 0.3 is 0 Å². The summed E-state index contributed by atoms with van der Waals surface area (Å²) in [5.41, 5.74) is 3.76. The number of rotatable bonds is 5. The Hall–Kier alpha value is -4.71. The standard InChI is InChI=1S/C32H27F2N5O2/c1-17-10-19(3-9-26(17)34)15-36-31(40)27-13-28(38-16-37-27)32(41)39-30-22-6-2-18(14-35)11-20(22)4-7-23-25-12-21(33)5-8-24(25)29(23)30/h2-3,5-6,8-13,16,23-25,29-30H,4,7,15H2,1H3,(H,36,40)(H,39,41)/t23?,24?,25-,29?,30-/m0/s1. The molecule has 3 aromatic rings. The van der Waals surface area contributed by atoms with Crippen molar-refractivity contribution in [1.29, 1.82) is 5.26 Å². The molecule has 1 fully saturated rings. The molecule has 2 aromatic carbocycles. The fraction of sp³-hybridized carbons (Fsp3) is 0.281. The van der Waals surface area contributed by atoms with E-state index in [0.29, 0.717) is 11.1 Å². The first-order chi connectivity index (χ1) is 19.8. The van der Waals surface area contributed by atoms with Crippen molar-refractivity contribution in [3.63, 3.8) is 0 Å². The molecule has 6 rings (SSSR count). The van der Waals surface area contributed by atoms with Crippen molar-refractivity contribution < 1.29 is 18.4 Å². The molecule has 1 saturated carbocycles. The Balaban J connectivity index is 1.23. The molecule has 0 spiro atoms. The molecule has 9 heteroatoms. The number of nitrogens with zero attached hydrogens (tertiary/aromatic N) is 3. The summed E-state index contributed by atoms with van der Waals surface area (Å²) < 4.78 is 27.6. The Morgan fingerprint density at radius 2 is 1.85 bits per heavy atom. The average molecular weight is 552 g/mol. The quantitative estimate of drug-likeness (QED) is 0.462. The number of carbonyl (C=O) groups is 2. The largest absolute Gasteiger partial charge is 0.347 e. The minimum absolute atomic E-state index is 0.0290. The van der Waals surface area contributed by atoms with Gasteiger partial charge in [0.05, 0.1) is 17.7 Å². The van der Waals surface area contributed by atoms with Gasteiger partial charge in [0.2, 0.25) is 0 Å². The van der Waals surface area contributed by atoms with Gasteiger partial charge in [-0.25, -0.2) is 18.7 Å². The van der Waals surface area contributed by atoms with E-state index in [2.05, 4.69) is 26.7 Å². The lowest BCUT2D eigenvalue weighted by Crippen LogP contribution is -2.52. The third-order valence-electron chi connectivity index (χ3n) is 8.54. The van der Waals surface area contributed by atoms with E-state index in [1.165, 1.54) is 24.5 Å². The van der Waals surface area contributed by atoms with Crippen LogP contribution in [-0.2, 0) is 13.0 Å². The van der Waals surface area contributed by atoms with E-state index >= 15 is 0 Å². The molecule has 0 aliphatic heterocycles. The Labute approximate surface area is 236 Å². The number of amides is 2. The molecule has 2 amide bonds. The van der Waals surface area contributed by atoms with Crippen molar-refractivity contribution >= 4 is 11.8 Å². The molecule has 206 valence electrons. The van der Waals surface area contributed by atoms with Crippen LogP contribution < -0.4 is 10.6 Å². The normalized spacial score (nSPS) is 23.9. The second-order valence-electron chi connectivity index (χ2n) is 10.9. The summed E-state index contributed by atoms with van der Waals surface area (Å²) in [6.45, 7) is 1.82. The number of nitrogens with one attached hydrogen (secondary N) is 2. The van der Waals surface area contributed by atoms with E-state index in [-0.39, 0.29) is 59.3 Å². The van der Waals surface area contributed by atoms with Crippen molar-refractivity contribution in [3.8, 4) is 6.07 Å². The topological polar surface area (TPSA) is 108 Å². The molecular formula is C32H27F2N5O2. The highest BCUT2D eigenvalue weighted by Crippen LogP contribution is 2.58. The van der Waals surface area contributed by atoms with Crippen molar-refractivity contribution in [1.82, 2.24) is 20.6 Å². The second-order valence-corrected chi connectivity index (χ2v) is 10.9. The predicted molar refractivity (Wildman–Crippen MR) is 146 cm³/mol. The fourth-order valence-corrected chi connectivity index (χ4v) is 6.54. The molecule has 1 heterocycles. The lowest BCUT2D eigenvalue weighted by Gasteiger charge is -2.53. The second kappa shape index (κ2) is 10.7. The van der Waals surface area contributed by atoms with Crippen LogP contribution in [0.2, 0.25) is 0 Å². The van der Waals surface area contributed by atoms with Crippen molar-refractivity contribution in [2.45, 2.75) is 32.4 Å². The van der Waals surface area contributed by atoms with Gasteiger partial charge < -0.3 is 10.6 Å². The van der Waals surface area contributed by atoms with E-state index in [1.807, 2.05) is 18.2 Å². The number of allylic oxidation sites excluding steroid dienone is 4. The average Bonchev–Trinajstić information content (AvgIpc) is 3.11. The zero-order valence-corrected chi connectivity index (χ0v) is 22.3. The molecule has 3 aliphatic carbocycles. The van der Waals surface area contributed by atoms with E-state index in [9.17, 15) is 23.6 Å². The van der Waals surface area contributed by atoms with E-state index in [0.717, 1.165) is 29.5 Å². The fourth-order valence-electron chi connectivity index (χ4n) is 6.54. The maximum atomic E-state index is 14.1. The van der Waals surface area contributed by atoms with Crippen LogP contribution in [0.4, 0.5) is 8.78 Å². The highest BCUT2D eigenvalue weighted by molar-refractivity contribution is 5.97. The van der Waals surface area contributed by atoms with Crippen LogP contribution in [0.25, 0.3) is 0 Å². The number of carbonyl (C=O) groups excluding carboxylic acids is 2. The van der Waals surface area contributed by atoms with Gasteiger partial charge in [0.1, 0.15) is 29.4 Å². The zero-order chi connectivity index (χ0) is 28.7. The number of nitriles is 1. The predicted octanol–water partition coefficient (Wildman–Crippen LogP) is 5.04. The van der Waals surface area contributed by atoms with Gasteiger partial charge in [0.15, 0.2) is 0 Å². The molecule has 0 saturated heterocycles. The minimum atomic E-state index is -0.490. The summed E-state index contributed by atoms with van der Waals surface area (Å²) in [6, 6.07) is 13.3. The van der Waals surface area contributed by atoms with E-state index < -0.39 is 11.8 Å². The number of halogens is 2. The van der Waals surface area contributed by atoms with Gasteiger partial charge in [-0.1, -0.05) is 24.3 Å². The van der Waals surface area contributed by atoms with Crippen molar-refractivity contribution in [2.24, 2.45) is 23.7 Å². The first kappa shape index (κ1) is 26.5. The molecule has 1 aromatic heterocycles.